The fourth-order valence-electron chi connectivity index (χ4n) is 3.08. The van der Waals surface area contributed by atoms with Gasteiger partial charge in [0.05, 0.1) is 11.2 Å². The molecule has 4 aromatic rings. The molecule has 0 aliphatic rings. The Balaban J connectivity index is 1.83. The highest BCUT2D eigenvalue weighted by Crippen LogP contribution is 2.30. The van der Waals surface area contributed by atoms with Crippen molar-refractivity contribution in [1.82, 2.24) is 4.57 Å². The molecule has 1 N–H and O–H groups in total. The first-order valence-electron chi connectivity index (χ1n) is 8.40. The minimum absolute atomic E-state index is 0.0558. The van der Waals surface area contributed by atoms with Crippen LogP contribution in [0.1, 0.15) is 16.1 Å². The second-order valence-electron chi connectivity index (χ2n) is 6.02. The molecule has 0 radical (unpaired) electrons. The van der Waals surface area contributed by atoms with Crippen molar-refractivity contribution in [3.8, 4) is 11.4 Å². The maximum atomic E-state index is 12.4. The van der Waals surface area contributed by atoms with Gasteiger partial charge in [-0.15, -0.1) is 0 Å². The van der Waals surface area contributed by atoms with Crippen molar-refractivity contribution < 1.29 is 9.90 Å². The summed E-state index contributed by atoms with van der Waals surface area (Å²) in [7, 11) is 0. The smallest absolute Gasteiger partial charge is 0.185 e. The number of para-hydroxylation sites is 3. The molecule has 0 aliphatic heterocycles. The molecule has 0 saturated heterocycles. The van der Waals surface area contributed by atoms with E-state index in [-0.39, 0.29) is 11.5 Å². The summed E-state index contributed by atoms with van der Waals surface area (Å²) in [6.07, 6.45) is 3.36. The van der Waals surface area contributed by atoms with Crippen molar-refractivity contribution in [3.05, 3.63) is 102 Å². The quantitative estimate of drug-likeness (QED) is 0.408. The van der Waals surface area contributed by atoms with Crippen LogP contribution in [0.5, 0.6) is 5.75 Å². The zero-order valence-corrected chi connectivity index (χ0v) is 14.0. The van der Waals surface area contributed by atoms with Gasteiger partial charge < -0.3 is 9.67 Å². The Hall–Kier alpha value is -3.59. The molecular formula is C23H17NO2. The number of allylic oxidation sites excluding steroid dienone is 1. The van der Waals surface area contributed by atoms with Gasteiger partial charge in [-0.25, -0.2) is 0 Å². The highest BCUT2D eigenvalue weighted by molar-refractivity contribution is 6.07. The first-order valence-corrected chi connectivity index (χ1v) is 8.40. The molecule has 126 valence electrons. The van der Waals surface area contributed by atoms with Gasteiger partial charge in [-0.05, 0) is 36.4 Å². The van der Waals surface area contributed by atoms with Gasteiger partial charge in [0.2, 0.25) is 0 Å². The number of ketones is 1. The largest absolute Gasteiger partial charge is 0.506 e. The van der Waals surface area contributed by atoms with E-state index >= 15 is 0 Å². The second kappa shape index (κ2) is 6.73. The van der Waals surface area contributed by atoms with Gasteiger partial charge in [-0.3, -0.25) is 4.79 Å². The van der Waals surface area contributed by atoms with Crippen LogP contribution in [-0.2, 0) is 0 Å². The van der Waals surface area contributed by atoms with E-state index in [0.29, 0.717) is 11.3 Å². The Bertz CT molecular complexity index is 1110. The summed E-state index contributed by atoms with van der Waals surface area (Å²) >= 11 is 0. The lowest BCUT2D eigenvalue weighted by molar-refractivity contribution is 0.104. The van der Waals surface area contributed by atoms with E-state index < -0.39 is 0 Å². The van der Waals surface area contributed by atoms with E-state index in [0.717, 1.165) is 16.6 Å². The van der Waals surface area contributed by atoms with Crippen molar-refractivity contribution in [1.29, 1.82) is 0 Å². The summed E-state index contributed by atoms with van der Waals surface area (Å²) in [5.41, 5.74) is 3.13. The minimum atomic E-state index is -0.0558. The zero-order chi connectivity index (χ0) is 17.9. The van der Waals surface area contributed by atoms with Gasteiger partial charge in [-0.1, -0.05) is 60.7 Å². The Labute approximate surface area is 151 Å². The SMILES string of the molecule is O=C(/C=C/c1cc2ccccc2n1-c1ccccc1O)c1ccccc1. The Morgan fingerprint density at radius 3 is 2.35 bits per heavy atom. The third kappa shape index (κ3) is 2.91. The molecule has 3 nitrogen and oxygen atoms in total. The van der Waals surface area contributed by atoms with Crippen LogP contribution in [0.15, 0.2) is 91.0 Å². The number of carbonyl (C=O) groups is 1. The maximum absolute atomic E-state index is 12.4. The average Bonchev–Trinajstić information content (AvgIpc) is 3.05. The van der Waals surface area contributed by atoms with Crippen LogP contribution in [0, 0.1) is 0 Å². The molecule has 4 rings (SSSR count). The molecule has 0 fully saturated rings. The van der Waals surface area contributed by atoms with E-state index in [9.17, 15) is 9.90 Å². The van der Waals surface area contributed by atoms with E-state index in [4.69, 9.17) is 0 Å². The molecule has 0 bridgehead atoms. The number of aromatic hydroxyl groups is 1. The summed E-state index contributed by atoms with van der Waals surface area (Å²) in [5, 5.41) is 11.4. The van der Waals surface area contributed by atoms with Crippen molar-refractivity contribution in [2.24, 2.45) is 0 Å². The summed E-state index contributed by atoms with van der Waals surface area (Å²) in [5.74, 6) is 0.137. The van der Waals surface area contributed by atoms with Crippen LogP contribution in [0.2, 0.25) is 0 Å². The number of carbonyl (C=O) groups excluding carboxylic acids is 1. The molecule has 0 aliphatic carbocycles. The molecule has 1 aromatic heterocycles. The van der Waals surface area contributed by atoms with Gasteiger partial charge >= 0.3 is 0 Å². The van der Waals surface area contributed by atoms with Crippen LogP contribution < -0.4 is 0 Å². The summed E-state index contributed by atoms with van der Waals surface area (Å²) < 4.78 is 1.96. The molecule has 0 atom stereocenters. The van der Waals surface area contributed by atoms with Crippen molar-refractivity contribution in [2.45, 2.75) is 0 Å². The first-order chi connectivity index (χ1) is 12.7. The average molecular weight is 339 g/mol. The normalized spacial score (nSPS) is 11.2. The molecule has 3 aromatic carbocycles. The highest BCUT2D eigenvalue weighted by atomic mass is 16.3. The predicted molar refractivity (Wildman–Crippen MR) is 105 cm³/mol. The number of fused-ring (bicyclic) bond motifs is 1. The van der Waals surface area contributed by atoms with Crippen molar-refractivity contribution >= 4 is 22.8 Å². The monoisotopic (exact) mass is 339 g/mol. The topological polar surface area (TPSA) is 42.2 Å². The minimum Gasteiger partial charge on any atom is -0.506 e. The Morgan fingerprint density at radius 1 is 0.846 bits per heavy atom. The van der Waals surface area contributed by atoms with Gasteiger partial charge in [0.25, 0.3) is 0 Å². The van der Waals surface area contributed by atoms with Crippen LogP contribution in [0.4, 0.5) is 0 Å². The number of rotatable bonds is 4. The van der Waals surface area contributed by atoms with Gasteiger partial charge in [0.15, 0.2) is 5.78 Å². The van der Waals surface area contributed by atoms with E-state index in [1.54, 1.807) is 36.4 Å². The number of phenols is 1. The van der Waals surface area contributed by atoms with Gasteiger partial charge in [0, 0.05) is 16.6 Å². The lowest BCUT2D eigenvalue weighted by atomic mass is 10.1. The number of benzene rings is 3. The van der Waals surface area contributed by atoms with E-state index in [1.807, 2.05) is 65.2 Å². The summed E-state index contributed by atoms with van der Waals surface area (Å²) in [6.45, 7) is 0. The van der Waals surface area contributed by atoms with Crippen LogP contribution in [-0.4, -0.2) is 15.5 Å². The molecule has 26 heavy (non-hydrogen) atoms. The van der Waals surface area contributed by atoms with Crippen molar-refractivity contribution in [3.63, 3.8) is 0 Å². The number of nitrogens with zero attached hydrogens (tertiary/aromatic N) is 1. The highest BCUT2D eigenvalue weighted by Gasteiger charge is 2.11. The lowest BCUT2D eigenvalue weighted by Gasteiger charge is -2.10. The molecule has 0 amide bonds. The van der Waals surface area contributed by atoms with E-state index in [2.05, 4.69) is 0 Å². The van der Waals surface area contributed by atoms with Crippen LogP contribution in [0.3, 0.4) is 0 Å². The third-order valence-corrected chi connectivity index (χ3v) is 4.33. The predicted octanol–water partition coefficient (Wildman–Crippen LogP) is 5.23. The first kappa shape index (κ1) is 15.9. The van der Waals surface area contributed by atoms with E-state index in [1.165, 1.54) is 0 Å². The molecular weight excluding hydrogens is 322 g/mol. The molecule has 0 saturated carbocycles. The van der Waals surface area contributed by atoms with Crippen LogP contribution in [0.25, 0.3) is 22.7 Å². The summed E-state index contributed by atoms with van der Waals surface area (Å²) in [4.78, 5) is 12.4. The Kier molecular flexibility index (Phi) is 4.12. The fraction of sp³-hybridized carbons (Fsp3) is 0. The number of phenolic OH excluding ortho intramolecular Hbond substituents is 1. The molecule has 1 heterocycles. The van der Waals surface area contributed by atoms with Crippen molar-refractivity contribution in [2.75, 3.05) is 0 Å². The second-order valence-corrected chi connectivity index (χ2v) is 6.02. The molecule has 3 heteroatoms. The lowest BCUT2D eigenvalue weighted by Crippen LogP contribution is -1.98. The van der Waals surface area contributed by atoms with Gasteiger partial charge in [-0.2, -0.15) is 0 Å². The summed E-state index contributed by atoms with van der Waals surface area (Å²) in [6, 6.07) is 26.3. The fourth-order valence-corrected chi connectivity index (χ4v) is 3.08. The standard InChI is InChI=1S/C23H17NO2/c25-22(17-8-2-1-3-9-17)15-14-19-16-18-10-4-5-11-20(18)24(19)21-12-6-7-13-23(21)26/h1-16,26H/b15-14+. The molecule has 0 spiro atoms. The zero-order valence-electron chi connectivity index (χ0n) is 14.0. The maximum Gasteiger partial charge on any atom is 0.185 e. The molecule has 0 unspecified atom stereocenters. The number of hydrogen-bond donors (Lipinski definition) is 1. The van der Waals surface area contributed by atoms with Crippen LogP contribution >= 0.6 is 0 Å². The number of hydrogen-bond acceptors (Lipinski definition) is 2. The number of aromatic nitrogens is 1. The third-order valence-electron chi connectivity index (χ3n) is 4.33. The Morgan fingerprint density at radius 2 is 1.54 bits per heavy atom. The van der Waals surface area contributed by atoms with Gasteiger partial charge in [0.1, 0.15) is 5.75 Å².